The molecule has 4 nitrogen and oxygen atoms in total. The van der Waals surface area contributed by atoms with Crippen LogP contribution in [0.3, 0.4) is 0 Å². The normalized spacial score (nSPS) is 18.0. The van der Waals surface area contributed by atoms with Crippen LogP contribution < -0.4 is 11.1 Å². The Hall–Kier alpha value is -1.55. The van der Waals surface area contributed by atoms with Gasteiger partial charge in [0.1, 0.15) is 5.75 Å². The molecule has 0 saturated heterocycles. The molecule has 4 heteroatoms. The van der Waals surface area contributed by atoms with E-state index >= 15 is 0 Å². The highest BCUT2D eigenvalue weighted by molar-refractivity contribution is 5.97. The third-order valence-corrected chi connectivity index (χ3v) is 3.98. The molecule has 0 bridgehead atoms. The lowest BCUT2D eigenvalue weighted by atomic mass is 9.81. The molecule has 0 aromatic heterocycles. The molecule has 1 aromatic carbocycles. The number of hydrogen-bond acceptors (Lipinski definition) is 3. The average Bonchev–Trinajstić information content (AvgIpc) is 2.39. The maximum Gasteiger partial charge on any atom is 0.255 e. The first-order chi connectivity index (χ1) is 9.06. The van der Waals surface area contributed by atoms with Gasteiger partial charge in [0.05, 0.1) is 11.1 Å². The minimum Gasteiger partial charge on any atom is -0.507 e. The lowest BCUT2D eigenvalue weighted by Gasteiger charge is -2.37. The van der Waals surface area contributed by atoms with Crippen LogP contribution in [0, 0.1) is 6.92 Å². The fourth-order valence-electron chi connectivity index (χ4n) is 2.75. The second kappa shape index (κ2) is 5.61. The summed E-state index contributed by atoms with van der Waals surface area (Å²) in [6, 6.07) is 5.09. The highest BCUT2D eigenvalue weighted by Crippen LogP contribution is 2.28. The number of hydrogen-bond donors (Lipinski definition) is 3. The lowest BCUT2D eigenvalue weighted by molar-refractivity contribution is 0.0872. The highest BCUT2D eigenvalue weighted by atomic mass is 16.3. The second-order valence-electron chi connectivity index (χ2n) is 5.52. The van der Waals surface area contributed by atoms with Gasteiger partial charge in [-0.1, -0.05) is 25.3 Å². The van der Waals surface area contributed by atoms with Gasteiger partial charge in [-0.15, -0.1) is 0 Å². The van der Waals surface area contributed by atoms with Gasteiger partial charge in [0.2, 0.25) is 0 Å². The molecule has 0 atom stereocenters. The summed E-state index contributed by atoms with van der Waals surface area (Å²) in [6.45, 7) is 2.33. The minimum absolute atomic E-state index is 0.0282. The molecule has 1 fully saturated rings. The number of amides is 1. The molecular formula is C15H22N2O2. The Labute approximate surface area is 114 Å². The lowest BCUT2D eigenvalue weighted by Crippen LogP contribution is -2.54. The maximum absolute atomic E-state index is 12.3. The van der Waals surface area contributed by atoms with Crippen molar-refractivity contribution >= 4 is 5.91 Å². The van der Waals surface area contributed by atoms with E-state index in [1.165, 1.54) is 6.42 Å². The molecule has 1 aliphatic carbocycles. The van der Waals surface area contributed by atoms with E-state index < -0.39 is 0 Å². The first kappa shape index (κ1) is 13.9. The summed E-state index contributed by atoms with van der Waals surface area (Å²) in [6.07, 6.45) is 5.23. The van der Waals surface area contributed by atoms with Crippen LogP contribution >= 0.6 is 0 Å². The van der Waals surface area contributed by atoms with E-state index in [1.54, 1.807) is 12.1 Å². The fraction of sp³-hybridized carbons (Fsp3) is 0.533. The van der Waals surface area contributed by atoms with Gasteiger partial charge >= 0.3 is 0 Å². The number of nitrogens with two attached hydrogens (primary N) is 1. The molecule has 1 saturated carbocycles. The number of nitrogens with one attached hydrogen (secondary N) is 1. The quantitative estimate of drug-likeness (QED) is 0.780. The molecule has 1 aromatic rings. The number of benzene rings is 1. The van der Waals surface area contributed by atoms with Crippen molar-refractivity contribution in [2.45, 2.75) is 44.6 Å². The summed E-state index contributed by atoms with van der Waals surface area (Å²) in [5, 5.41) is 12.9. The number of phenols is 1. The number of carbonyl (C=O) groups excluding carboxylic acids is 1. The van der Waals surface area contributed by atoms with Crippen LogP contribution in [0.1, 0.15) is 48.0 Å². The zero-order valence-electron chi connectivity index (χ0n) is 11.4. The summed E-state index contributed by atoms with van der Waals surface area (Å²) in [5.74, 6) is -0.203. The average molecular weight is 262 g/mol. The van der Waals surface area contributed by atoms with Gasteiger partial charge in [0, 0.05) is 6.54 Å². The van der Waals surface area contributed by atoms with Gasteiger partial charge in [0.25, 0.3) is 5.91 Å². The van der Waals surface area contributed by atoms with Crippen LogP contribution in [0.25, 0.3) is 0 Å². The molecule has 1 aliphatic rings. The SMILES string of the molecule is Cc1ccc(C(=O)NC2(CN)CCCCC2)c(O)c1. The smallest absolute Gasteiger partial charge is 0.255 e. The molecular weight excluding hydrogens is 240 g/mol. The Morgan fingerprint density at radius 3 is 2.63 bits per heavy atom. The van der Waals surface area contributed by atoms with Gasteiger partial charge in [-0.3, -0.25) is 4.79 Å². The van der Waals surface area contributed by atoms with Crippen molar-refractivity contribution in [2.75, 3.05) is 6.54 Å². The van der Waals surface area contributed by atoms with E-state index in [1.807, 2.05) is 13.0 Å². The Bertz CT molecular complexity index is 465. The molecule has 0 aliphatic heterocycles. The van der Waals surface area contributed by atoms with E-state index in [2.05, 4.69) is 5.32 Å². The van der Waals surface area contributed by atoms with E-state index in [9.17, 15) is 9.90 Å². The third kappa shape index (κ3) is 3.07. The molecule has 0 unspecified atom stereocenters. The maximum atomic E-state index is 12.3. The van der Waals surface area contributed by atoms with Gasteiger partial charge in [-0.2, -0.15) is 0 Å². The van der Waals surface area contributed by atoms with Crippen molar-refractivity contribution in [1.29, 1.82) is 0 Å². The second-order valence-corrected chi connectivity index (χ2v) is 5.52. The topological polar surface area (TPSA) is 75.4 Å². The minimum atomic E-state index is -0.299. The van der Waals surface area contributed by atoms with E-state index in [0.29, 0.717) is 12.1 Å². The van der Waals surface area contributed by atoms with Crippen LogP contribution in [0.4, 0.5) is 0 Å². The Balaban J connectivity index is 2.15. The summed E-state index contributed by atoms with van der Waals surface area (Å²) >= 11 is 0. The molecule has 2 rings (SSSR count). The van der Waals surface area contributed by atoms with Crippen molar-refractivity contribution in [1.82, 2.24) is 5.32 Å². The fourth-order valence-corrected chi connectivity index (χ4v) is 2.75. The van der Waals surface area contributed by atoms with Crippen LogP contribution in [0.15, 0.2) is 18.2 Å². The standard InChI is InChI=1S/C15H22N2O2/c1-11-5-6-12(13(18)9-11)14(19)17-15(10-16)7-3-2-4-8-15/h5-6,9,18H,2-4,7-8,10,16H2,1H3,(H,17,19). The van der Waals surface area contributed by atoms with Crippen molar-refractivity contribution in [3.8, 4) is 5.75 Å². The van der Waals surface area contributed by atoms with E-state index in [0.717, 1.165) is 31.2 Å². The zero-order valence-corrected chi connectivity index (χ0v) is 11.4. The zero-order chi connectivity index (χ0) is 13.9. The van der Waals surface area contributed by atoms with Crippen LogP contribution in [0.5, 0.6) is 5.75 Å². The van der Waals surface area contributed by atoms with Gasteiger partial charge in [-0.25, -0.2) is 0 Å². The first-order valence-corrected chi connectivity index (χ1v) is 6.88. The Morgan fingerprint density at radius 1 is 1.37 bits per heavy atom. The predicted octanol–water partition coefficient (Wildman–Crippen LogP) is 2.09. The monoisotopic (exact) mass is 262 g/mol. The molecule has 0 heterocycles. The number of aromatic hydroxyl groups is 1. The summed E-state index contributed by atoms with van der Waals surface area (Å²) < 4.78 is 0. The third-order valence-electron chi connectivity index (χ3n) is 3.98. The largest absolute Gasteiger partial charge is 0.507 e. The summed E-state index contributed by atoms with van der Waals surface area (Å²) in [4.78, 5) is 12.3. The van der Waals surface area contributed by atoms with Crippen molar-refractivity contribution in [3.63, 3.8) is 0 Å². The number of rotatable bonds is 3. The first-order valence-electron chi connectivity index (χ1n) is 6.88. The highest BCUT2D eigenvalue weighted by Gasteiger charge is 2.32. The molecule has 0 radical (unpaired) electrons. The van der Waals surface area contributed by atoms with Gasteiger partial charge in [-0.05, 0) is 37.5 Å². The van der Waals surface area contributed by atoms with Gasteiger partial charge < -0.3 is 16.2 Å². The summed E-state index contributed by atoms with van der Waals surface area (Å²) in [7, 11) is 0. The van der Waals surface area contributed by atoms with Crippen LogP contribution in [-0.4, -0.2) is 23.1 Å². The van der Waals surface area contributed by atoms with Crippen molar-refractivity contribution < 1.29 is 9.90 Å². The molecule has 1 amide bonds. The van der Waals surface area contributed by atoms with Crippen LogP contribution in [-0.2, 0) is 0 Å². The predicted molar refractivity (Wildman–Crippen MR) is 75.2 cm³/mol. The number of carbonyl (C=O) groups is 1. The van der Waals surface area contributed by atoms with E-state index in [-0.39, 0.29) is 17.2 Å². The van der Waals surface area contributed by atoms with Gasteiger partial charge in [0.15, 0.2) is 0 Å². The Kier molecular flexibility index (Phi) is 4.10. The molecule has 19 heavy (non-hydrogen) atoms. The van der Waals surface area contributed by atoms with Crippen molar-refractivity contribution in [3.05, 3.63) is 29.3 Å². The van der Waals surface area contributed by atoms with Crippen LogP contribution in [0.2, 0.25) is 0 Å². The van der Waals surface area contributed by atoms with E-state index in [4.69, 9.17) is 5.73 Å². The number of phenolic OH excluding ortho intramolecular Hbond substituents is 1. The molecule has 104 valence electrons. The molecule has 4 N–H and O–H groups in total. The van der Waals surface area contributed by atoms with Crippen molar-refractivity contribution in [2.24, 2.45) is 5.73 Å². The number of aryl methyl sites for hydroxylation is 1. The Morgan fingerprint density at radius 2 is 2.05 bits per heavy atom. The summed E-state index contributed by atoms with van der Waals surface area (Å²) in [5.41, 5.74) is 6.80. The molecule has 0 spiro atoms.